The molecule has 0 spiro atoms. The molecule has 3 heteroatoms. The molecule has 21 heavy (non-hydrogen) atoms. The third kappa shape index (κ3) is 5.61. The fourth-order valence-corrected chi connectivity index (χ4v) is 2.03. The van der Waals surface area contributed by atoms with Crippen molar-refractivity contribution in [2.24, 2.45) is 5.92 Å². The van der Waals surface area contributed by atoms with Gasteiger partial charge in [0.2, 0.25) is 0 Å². The van der Waals surface area contributed by atoms with Gasteiger partial charge in [-0.1, -0.05) is 44.6 Å². The van der Waals surface area contributed by atoms with Crippen molar-refractivity contribution in [1.82, 2.24) is 5.32 Å². The number of hydrogen-bond donors (Lipinski definition) is 2. The quantitative estimate of drug-likeness (QED) is 0.790. The Kier molecular flexibility index (Phi) is 7.56. The van der Waals surface area contributed by atoms with Crippen molar-refractivity contribution < 1.29 is 9.90 Å². The zero-order chi connectivity index (χ0) is 15.7. The molecule has 1 rings (SSSR count). The SMILES string of the molecule is CCC(CC)CNC(=O)c1ccc(C)c(C#CCCO)c1. The van der Waals surface area contributed by atoms with Crippen LogP contribution in [-0.2, 0) is 0 Å². The van der Waals surface area contributed by atoms with Gasteiger partial charge < -0.3 is 10.4 Å². The van der Waals surface area contributed by atoms with Crippen molar-refractivity contribution in [1.29, 1.82) is 0 Å². The summed E-state index contributed by atoms with van der Waals surface area (Å²) in [4.78, 5) is 12.2. The molecule has 0 radical (unpaired) electrons. The molecule has 0 heterocycles. The highest BCUT2D eigenvalue weighted by molar-refractivity contribution is 5.94. The van der Waals surface area contributed by atoms with E-state index in [0.717, 1.165) is 24.0 Å². The lowest BCUT2D eigenvalue weighted by molar-refractivity contribution is 0.0946. The molecule has 0 bridgehead atoms. The highest BCUT2D eigenvalue weighted by Crippen LogP contribution is 2.11. The Morgan fingerprint density at radius 3 is 2.67 bits per heavy atom. The van der Waals surface area contributed by atoms with Crippen molar-refractivity contribution in [3.63, 3.8) is 0 Å². The van der Waals surface area contributed by atoms with Crippen molar-refractivity contribution >= 4 is 5.91 Å². The molecule has 0 saturated heterocycles. The summed E-state index contributed by atoms with van der Waals surface area (Å²) in [7, 11) is 0. The Morgan fingerprint density at radius 2 is 2.05 bits per heavy atom. The predicted molar refractivity (Wildman–Crippen MR) is 86.2 cm³/mol. The standard InChI is InChI=1S/C18H25NO2/c1-4-15(5-2)13-19-18(21)17-10-9-14(3)16(12-17)8-6-7-11-20/h9-10,12,15,20H,4-5,7,11,13H2,1-3H3,(H,19,21). The van der Waals surface area contributed by atoms with E-state index in [2.05, 4.69) is 31.0 Å². The van der Waals surface area contributed by atoms with Crippen molar-refractivity contribution in [2.75, 3.05) is 13.2 Å². The Hall–Kier alpha value is -1.79. The number of aryl methyl sites for hydroxylation is 1. The topological polar surface area (TPSA) is 49.3 Å². The molecule has 0 unspecified atom stereocenters. The fourth-order valence-electron chi connectivity index (χ4n) is 2.03. The summed E-state index contributed by atoms with van der Waals surface area (Å²) in [5, 5.41) is 11.7. The van der Waals surface area contributed by atoms with Crippen LogP contribution in [0.1, 0.15) is 54.6 Å². The van der Waals surface area contributed by atoms with Crippen LogP contribution < -0.4 is 5.32 Å². The Bertz CT molecular complexity index is 522. The summed E-state index contributed by atoms with van der Waals surface area (Å²) in [6, 6.07) is 5.56. The van der Waals surface area contributed by atoms with Crippen LogP contribution >= 0.6 is 0 Å². The monoisotopic (exact) mass is 287 g/mol. The third-order valence-corrected chi connectivity index (χ3v) is 3.67. The van der Waals surface area contributed by atoms with Gasteiger partial charge in [-0.2, -0.15) is 0 Å². The largest absolute Gasteiger partial charge is 0.395 e. The average Bonchev–Trinajstić information content (AvgIpc) is 2.50. The fraction of sp³-hybridized carbons (Fsp3) is 0.500. The minimum absolute atomic E-state index is 0.0490. The summed E-state index contributed by atoms with van der Waals surface area (Å²) < 4.78 is 0. The summed E-state index contributed by atoms with van der Waals surface area (Å²) in [6.07, 6.45) is 2.59. The van der Waals surface area contributed by atoms with Gasteiger partial charge in [0.25, 0.3) is 5.91 Å². The van der Waals surface area contributed by atoms with Gasteiger partial charge in [-0.25, -0.2) is 0 Å². The second-order valence-corrected chi connectivity index (χ2v) is 5.20. The van der Waals surface area contributed by atoms with Crippen molar-refractivity contribution in [3.8, 4) is 11.8 Å². The van der Waals surface area contributed by atoms with Crippen LogP contribution in [0.2, 0.25) is 0 Å². The Morgan fingerprint density at radius 1 is 1.33 bits per heavy atom. The molecule has 0 fully saturated rings. The minimum atomic E-state index is -0.0490. The number of benzene rings is 1. The van der Waals surface area contributed by atoms with E-state index in [4.69, 9.17) is 5.11 Å². The lowest BCUT2D eigenvalue weighted by atomic mass is 10.0. The molecule has 0 aliphatic heterocycles. The van der Waals surface area contributed by atoms with Gasteiger partial charge >= 0.3 is 0 Å². The summed E-state index contributed by atoms with van der Waals surface area (Å²) in [6.45, 7) is 7.02. The van der Waals surface area contributed by atoms with Gasteiger partial charge in [-0.05, 0) is 30.5 Å². The molecule has 1 aromatic carbocycles. The van der Waals surface area contributed by atoms with Gasteiger partial charge in [0.1, 0.15) is 0 Å². The lowest BCUT2D eigenvalue weighted by Crippen LogP contribution is -2.28. The second-order valence-electron chi connectivity index (χ2n) is 5.20. The highest BCUT2D eigenvalue weighted by Gasteiger charge is 2.09. The van der Waals surface area contributed by atoms with Crippen LogP contribution in [0.5, 0.6) is 0 Å². The zero-order valence-corrected chi connectivity index (χ0v) is 13.2. The summed E-state index contributed by atoms with van der Waals surface area (Å²) >= 11 is 0. The van der Waals surface area contributed by atoms with Crippen molar-refractivity contribution in [2.45, 2.75) is 40.0 Å². The molecule has 3 nitrogen and oxygen atoms in total. The zero-order valence-electron chi connectivity index (χ0n) is 13.2. The number of hydrogen-bond acceptors (Lipinski definition) is 2. The van der Waals surface area contributed by atoms with E-state index in [-0.39, 0.29) is 12.5 Å². The maximum Gasteiger partial charge on any atom is 0.251 e. The van der Waals surface area contributed by atoms with Gasteiger partial charge in [0.05, 0.1) is 6.61 Å². The number of amides is 1. The Balaban J connectivity index is 2.77. The lowest BCUT2D eigenvalue weighted by Gasteiger charge is -2.13. The average molecular weight is 287 g/mol. The van der Waals surface area contributed by atoms with Crippen LogP contribution in [0.15, 0.2) is 18.2 Å². The number of aliphatic hydroxyl groups excluding tert-OH is 1. The highest BCUT2D eigenvalue weighted by atomic mass is 16.2. The smallest absolute Gasteiger partial charge is 0.251 e. The summed E-state index contributed by atoms with van der Waals surface area (Å²) in [5.74, 6) is 6.38. The number of aliphatic hydroxyl groups is 1. The first-order valence-corrected chi connectivity index (χ1v) is 7.60. The van der Waals surface area contributed by atoms with E-state index in [1.807, 2.05) is 25.1 Å². The molecule has 0 aliphatic rings. The van der Waals surface area contributed by atoms with Gasteiger partial charge in [0, 0.05) is 24.1 Å². The number of rotatable bonds is 6. The van der Waals surface area contributed by atoms with Gasteiger partial charge in [-0.15, -0.1) is 0 Å². The number of carbonyl (C=O) groups excluding carboxylic acids is 1. The van der Waals surface area contributed by atoms with Crippen LogP contribution in [0.4, 0.5) is 0 Å². The molecule has 1 amide bonds. The molecule has 0 saturated carbocycles. The molecule has 114 valence electrons. The van der Waals surface area contributed by atoms with Crippen LogP contribution in [0.25, 0.3) is 0 Å². The Labute approximate surface area is 127 Å². The molecule has 1 aromatic rings. The third-order valence-electron chi connectivity index (χ3n) is 3.67. The van der Waals surface area contributed by atoms with Crippen LogP contribution in [0.3, 0.4) is 0 Å². The molecule has 0 aliphatic carbocycles. The molecular formula is C18H25NO2. The second kappa shape index (κ2) is 9.20. The van der Waals surface area contributed by atoms with Gasteiger partial charge in [-0.3, -0.25) is 4.79 Å². The molecule has 2 N–H and O–H groups in total. The molecular weight excluding hydrogens is 262 g/mol. The first-order chi connectivity index (χ1) is 10.1. The number of nitrogens with one attached hydrogen (secondary N) is 1. The van der Waals surface area contributed by atoms with E-state index in [1.54, 1.807) is 0 Å². The van der Waals surface area contributed by atoms with E-state index in [9.17, 15) is 4.79 Å². The first kappa shape index (κ1) is 17.3. The normalized spacial score (nSPS) is 10.1. The molecule has 0 atom stereocenters. The maximum atomic E-state index is 12.2. The first-order valence-electron chi connectivity index (χ1n) is 7.60. The van der Waals surface area contributed by atoms with Gasteiger partial charge in [0.15, 0.2) is 0 Å². The van der Waals surface area contributed by atoms with Crippen molar-refractivity contribution in [3.05, 3.63) is 34.9 Å². The van der Waals surface area contributed by atoms with E-state index < -0.39 is 0 Å². The van der Waals surface area contributed by atoms with Crippen LogP contribution in [-0.4, -0.2) is 24.2 Å². The molecule has 0 aromatic heterocycles. The maximum absolute atomic E-state index is 12.2. The van der Waals surface area contributed by atoms with Crippen LogP contribution in [0, 0.1) is 24.7 Å². The van der Waals surface area contributed by atoms with E-state index in [1.165, 1.54) is 0 Å². The number of carbonyl (C=O) groups is 1. The van der Waals surface area contributed by atoms with E-state index >= 15 is 0 Å². The summed E-state index contributed by atoms with van der Waals surface area (Å²) in [5.41, 5.74) is 2.52. The van der Waals surface area contributed by atoms with E-state index in [0.29, 0.717) is 24.4 Å². The predicted octanol–water partition coefficient (Wildman–Crippen LogP) is 2.89. The minimum Gasteiger partial charge on any atom is -0.395 e.